The van der Waals surface area contributed by atoms with E-state index in [1.807, 2.05) is 11.6 Å². The van der Waals surface area contributed by atoms with Crippen LogP contribution in [-0.2, 0) is 6.54 Å². The molecule has 0 radical (unpaired) electrons. The molecule has 0 spiro atoms. The molecule has 1 aromatic rings. The van der Waals surface area contributed by atoms with Crippen LogP contribution in [0.4, 0.5) is 0 Å². The van der Waals surface area contributed by atoms with Crippen LogP contribution in [0.1, 0.15) is 61.5 Å². The number of aliphatic hydroxyl groups excluding tert-OH is 1. The molecule has 2 rings (SSSR count). The van der Waals surface area contributed by atoms with E-state index < -0.39 is 5.54 Å². The quantitative estimate of drug-likeness (QED) is 0.837. The van der Waals surface area contributed by atoms with Crippen molar-refractivity contribution in [1.82, 2.24) is 15.1 Å². The molecule has 0 unspecified atom stereocenters. The molecule has 0 atom stereocenters. The number of rotatable bonds is 6. The highest BCUT2D eigenvalue weighted by atomic mass is 16.3. The molecule has 0 bridgehead atoms. The number of carbonyl (C=O) groups is 1. The molecule has 112 valence electrons. The van der Waals surface area contributed by atoms with E-state index in [2.05, 4.69) is 17.3 Å². The first kappa shape index (κ1) is 15.0. The highest BCUT2D eigenvalue weighted by Gasteiger charge is 2.35. The van der Waals surface area contributed by atoms with Crippen molar-refractivity contribution in [3.05, 3.63) is 17.5 Å². The number of nitrogens with one attached hydrogen (secondary N) is 1. The van der Waals surface area contributed by atoms with Crippen molar-refractivity contribution in [1.29, 1.82) is 0 Å². The normalized spacial score (nSPS) is 17.4. The van der Waals surface area contributed by atoms with Crippen LogP contribution >= 0.6 is 0 Å². The van der Waals surface area contributed by atoms with Gasteiger partial charge in [0.1, 0.15) is 0 Å². The largest absolute Gasteiger partial charge is 0.394 e. The lowest BCUT2D eigenvalue weighted by Gasteiger charge is -2.27. The first-order chi connectivity index (χ1) is 9.62. The SMILES string of the molecule is CCCCn1ncc(C(=O)NC2(CO)CCCC2)c1C. The van der Waals surface area contributed by atoms with Gasteiger partial charge in [0.25, 0.3) is 5.91 Å². The van der Waals surface area contributed by atoms with Crippen LogP contribution in [0.3, 0.4) is 0 Å². The summed E-state index contributed by atoms with van der Waals surface area (Å²) in [6.45, 7) is 4.93. The van der Waals surface area contributed by atoms with Gasteiger partial charge in [0.15, 0.2) is 0 Å². The summed E-state index contributed by atoms with van der Waals surface area (Å²) < 4.78 is 1.89. The van der Waals surface area contributed by atoms with Gasteiger partial charge in [-0.3, -0.25) is 9.48 Å². The molecule has 1 aromatic heterocycles. The van der Waals surface area contributed by atoms with E-state index in [0.29, 0.717) is 5.56 Å². The van der Waals surface area contributed by atoms with Crippen molar-refractivity contribution >= 4 is 5.91 Å². The minimum atomic E-state index is -0.422. The number of carbonyl (C=O) groups excluding carboxylic acids is 1. The number of nitrogens with zero attached hydrogens (tertiary/aromatic N) is 2. The topological polar surface area (TPSA) is 67.2 Å². The van der Waals surface area contributed by atoms with Crippen LogP contribution in [0, 0.1) is 6.92 Å². The molecule has 1 fully saturated rings. The molecule has 0 aromatic carbocycles. The van der Waals surface area contributed by atoms with Crippen LogP contribution in [0.5, 0.6) is 0 Å². The van der Waals surface area contributed by atoms with Crippen LogP contribution < -0.4 is 5.32 Å². The van der Waals surface area contributed by atoms with Crippen LogP contribution in [-0.4, -0.2) is 32.9 Å². The first-order valence-corrected chi connectivity index (χ1v) is 7.57. The molecular weight excluding hydrogens is 254 g/mol. The number of unbranched alkanes of at least 4 members (excludes halogenated alkanes) is 1. The maximum Gasteiger partial charge on any atom is 0.255 e. The van der Waals surface area contributed by atoms with E-state index in [1.165, 1.54) is 0 Å². The second-order valence-corrected chi connectivity index (χ2v) is 5.82. The van der Waals surface area contributed by atoms with Gasteiger partial charge in [0, 0.05) is 12.2 Å². The van der Waals surface area contributed by atoms with E-state index >= 15 is 0 Å². The van der Waals surface area contributed by atoms with Crippen molar-refractivity contribution in [2.75, 3.05) is 6.61 Å². The molecule has 1 heterocycles. The molecule has 5 nitrogen and oxygen atoms in total. The Morgan fingerprint density at radius 2 is 2.20 bits per heavy atom. The van der Waals surface area contributed by atoms with Crippen molar-refractivity contribution in [2.24, 2.45) is 0 Å². The number of hydrogen-bond acceptors (Lipinski definition) is 3. The van der Waals surface area contributed by atoms with Gasteiger partial charge < -0.3 is 10.4 Å². The van der Waals surface area contributed by atoms with Gasteiger partial charge >= 0.3 is 0 Å². The third-order valence-corrected chi connectivity index (χ3v) is 4.31. The molecule has 0 aliphatic heterocycles. The molecule has 1 aliphatic rings. The Bertz CT molecular complexity index is 462. The van der Waals surface area contributed by atoms with E-state index in [0.717, 1.165) is 50.8 Å². The standard InChI is InChI=1S/C15H25N3O2/c1-3-4-9-18-12(2)13(10-16-18)14(20)17-15(11-19)7-5-6-8-15/h10,19H,3-9,11H2,1-2H3,(H,17,20). The fraction of sp³-hybridized carbons (Fsp3) is 0.733. The lowest BCUT2D eigenvalue weighted by molar-refractivity contribution is 0.0837. The summed E-state index contributed by atoms with van der Waals surface area (Å²) in [7, 11) is 0. The van der Waals surface area contributed by atoms with Gasteiger partial charge in [-0.05, 0) is 26.2 Å². The van der Waals surface area contributed by atoms with Crippen molar-refractivity contribution in [3.8, 4) is 0 Å². The fourth-order valence-electron chi connectivity index (χ4n) is 2.89. The maximum atomic E-state index is 12.4. The Kier molecular flexibility index (Phi) is 4.81. The first-order valence-electron chi connectivity index (χ1n) is 7.57. The molecule has 5 heteroatoms. The molecule has 1 aliphatic carbocycles. The highest BCUT2D eigenvalue weighted by molar-refractivity contribution is 5.95. The Labute approximate surface area is 120 Å². The van der Waals surface area contributed by atoms with E-state index in [4.69, 9.17) is 0 Å². The summed E-state index contributed by atoms with van der Waals surface area (Å²) in [5.74, 6) is -0.110. The van der Waals surface area contributed by atoms with E-state index in [-0.39, 0.29) is 12.5 Å². The number of hydrogen-bond donors (Lipinski definition) is 2. The second kappa shape index (κ2) is 6.39. The third kappa shape index (κ3) is 3.03. The number of aromatic nitrogens is 2. The molecule has 2 N–H and O–H groups in total. The van der Waals surface area contributed by atoms with Crippen LogP contribution in [0.25, 0.3) is 0 Å². The lowest BCUT2D eigenvalue weighted by atomic mass is 9.98. The van der Waals surface area contributed by atoms with Gasteiger partial charge in [-0.1, -0.05) is 26.2 Å². The number of aryl methyl sites for hydroxylation is 1. The summed E-state index contributed by atoms with van der Waals surface area (Å²) in [5, 5.41) is 16.9. The summed E-state index contributed by atoms with van der Waals surface area (Å²) in [6, 6.07) is 0. The predicted octanol–water partition coefficient (Wildman–Crippen LogP) is 2.03. The van der Waals surface area contributed by atoms with Gasteiger partial charge in [0.05, 0.1) is 23.9 Å². The Morgan fingerprint density at radius 3 is 2.80 bits per heavy atom. The lowest BCUT2D eigenvalue weighted by Crippen LogP contribution is -2.49. The van der Waals surface area contributed by atoms with Crippen LogP contribution in [0.15, 0.2) is 6.20 Å². The zero-order valence-corrected chi connectivity index (χ0v) is 12.5. The Balaban J connectivity index is 2.07. The fourth-order valence-corrected chi connectivity index (χ4v) is 2.89. The third-order valence-electron chi connectivity index (χ3n) is 4.31. The molecule has 1 amide bonds. The molecule has 0 saturated heterocycles. The molecule has 1 saturated carbocycles. The van der Waals surface area contributed by atoms with E-state index in [1.54, 1.807) is 6.20 Å². The average Bonchev–Trinajstić information content (AvgIpc) is 3.04. The minimum Gasteiger partial charge on any atom is -0.394 e. The number of amides is 1. The average molecular weight is 279 g/mol. The van der Waals surface area contributed by atoms with Gasteiger partial charge in [-0.2, -0.15) is 5.10 Å². The Hall–Kier alpha value is -1.36. The maximum absolute atomic E-state index is 12.4. The van der Waals surface area contributed by atoms with Crippen molar-refractivity contribution in [3.63, 3.8) is 0 Å². The predicted molar refractivity (Wildman–Crippen MR) is 77.6 cm³/mol. The Morgan fingerprint density at radius 1 is 1.50 bits per heavy atom. The van der Waals surface area contributed by atoms with E-state index in [9.17, 15) is 9.90 Å². The second-order valence-electron chi connectivity index (χ2n) is 5.82. The smallest absolute Gasteiger partial charge is 0.255 e. The van der Waals surface area contributed by atoms with Crippen molar-refractivity contribution < 1.29 is 9.90 Å². The van der Waals surface area contributed by atoms with Gasteiger partial charge in [0.2, 0.25) is 0 Å². The zero-order valence-electron chi connectivity index (χ0n) is 12.5. The summed E-state index contributed by atoms with van der Waals surface area (Å²) in [4.78, 5) is 12.4. The molecular formula is C15H25N3O2. The zero-order chi connectivity index (χ0) is 14.6. The highest BCUT2D eigenvalue weighted by Crippen LogP contribution is 2.29. The van der Waals surface area contributed by atoms with Crippen molar-refractivity contribution in [2.45, 2.75) is 64.5 Å². The summed E-state index contributed by atoms with van der Waals surface area (Å²) in [5.41, 5.74) is 1.11. The summed E-state index contributed by atoms with van der Waals surface area (Å²) >= 11 is 0. The van der Waals surface area contributed by atoms with Gasteiger partial charge in [-0.15, -0.1) is 0 Å². The summed E-state index contributed by atoms with van der Waals surface area (Å²) in [6.07, 6.45) is 7.65. The monoisotopic (exact) mass is 279 g/mol. The minimum absolute atomic E-state index is 0.0156. The van der Waals surface area contributed by atoms with Crippen LogP contribution in [0.2, 0.25) is 0 Å². The van der Waals surface area contributed by atoms with Gasteiger partial charge in [-0.25, -0.2) is 0 Å². The number of aliphatic hydroxyl groups is 1. The molecule has 20 heavy (non-hydrogen) atoms.